The molecule has 2 aromatic rings. The van der Waals surface area contributed by atoms with Gasteiger partial charge in [0.1, 0.15) is 25.0 Å². The molecule has 8 heteroatoms. The van der Waals surface area contributed by atoms with Crippen LogP contribution in [0.5, 0.6) is 17.2 Å². The average molecular weight is 438 g/mol. The summed E-state index contributed by atoms with van der Waals surface area (Å²) in [4.78, 5) is 11.1. The summed E-state index contributed by atoms with van der Waals surface area (Å²) in [5.74, 6) is 1.70. The van der Waals surface area contributed by atoms with Crippen LogP contribution in [-0.4, -0.2) is 42.7 Å². The third-order valence-electron chi connectivity index (χ3n) is 4.39. The summed E-state index contributed by atoms with van der Waals surface area (Å²) in [7, 11) is 0. The van der Waals surface area contributed by atoms with Gasteiger partial charge in [-0.3, -0.25) is 10.1 Å². The van der Waals surface area contributed by atoms with Gasteiger partial charge in [0.15, 0.2) is 11.5 Å². The van der Waals surface area contributed by atoms with Gasteiger partial charge in [-0.2, -0.15) is 0 Å². The van der Waals surface area contributed by atoms with Gasteiger partial charge in [-0.1, -0.05) is 17.7 Å². The molecule has 29 heavy (non-hydrogen) atoms. The molecule has 1 aliphatic rings. The lowest BCUT2D eigenvalue weighted by molar-refractivity contribution is -0.138. The van der Waals surface area contributed by atoms with Gasteiger partial charge in [-0.05, 0) is 55.3 Å². The zero-order valence-electron chi connectivity index (χ0n) is 16.3. The highest BCUT2D eigenvalue weighted by Gasteiger charge is 2.30. The van der Waals surface area contributed by atoms with Crippen molar-refractivity contribution in [1.82, 2.24) is 5.32 Å². The third kappa shape index (κ3) is 5.72. The van der Waals surface area contributed by atoms with Crippen molar-refractivity contribution in [2.24, 2.45) is 0 Å². The topological polar surface area (TPSA) is 77.0 Å². The maximum atomic E-state index is 11.1. The normalized spacial score (nSPS) is 18.4. The lowest BCUT2D eigenvalue weighted by Crippen LogP contribution is -2.33. The van der Waals surface area contributed by atoms with Crippen molar-refractivity contribution in [2.75, 3.05) is 25.6 Å². The van der Waals surface area contributed by atoms with Crippen molar-refractivity contribution >= 4 is 29.3 Å². The summed E-state index contributed by atoms with van der Waals surface area (Å²) in [6.07, 6.45) is 0. The molecule has 2 N–H and O–H groups in total. The molecule has 3 rings (SSSR count). The molecule has 0 saturated carbocycles. The molecule has 2 unspecified atom stereocenters. The molecular formula is C21H24ClNO5S. The van der Waals surface area contributed by atoms with Gasteiger partial charge >= 0.3 is 5.97 Å². The number of hydrogen-bond donors (Lipinski definition) is 2. The first-order chi connectivity index (χ1) is 14.0. The Morgan fingerprint density at radius 2 is 1.97 bits per heavy atom. The number of aryl methyl sites for hydroxylation is 1. The predicted molar refractivity (Wildman–Crippen MR) is 115 cm³/mol. The van der Waals surface area contributed by atoms with Gasteiger partial charge in [0, 0.05) is 10.8 Å². The van der Waals surface area contributed by atoms with E-state index in [1.807, 2.05) is 50.2 Å². The van der Waals surface area contributed by atoms with Gasteiger partial charge < -0.3 is 19.3 Å². The Hall–Kier alpha value is -2.09. The number of nitrogens with one attached hydrogen (secondary N) is 1. The van der Waals surface area contributed by atoms with Gasteiger partial charge in [-0.25, -0.2) is 0 Å². The maximum Gasteiger partial charge on any atom is 0.321 e. The van der Waals surface area contributed by atoms with Gasteiger partial charge in [-0.15, -0.1) is 11.8 Å². The first kappa shape index (κ1) is 21.6. The van der Waals surface area contributed by atoms with Crippen LogP contribution in [0.1, 0.15) is 23.4 Å². The standard InChI is InChI=1S/C21H24ClNO5S/c1-3-26-19-11-14(20-23-17(12-29-20)21(24)25)4-7-18(19)28-9-8-27-15-5-6-16(22)13(2)10-15/h4-7,10-11,17,20,23H,3,8-9,12H2,1-2H3,(H,24,25). The minimum atomic E-state index is -0.833. The summed E-state index contributed by atoms with van der Waals surface area (Å²) < 4.78 is 17.3. The summed E-state index contributed by atoms with van der Waals surface area (Å²) in [5.41, 5.74) is 1.92. The van der Waals surface area contributed by atoms with Crippen LogP contribution >= 0.6 is 23.4 Å². The number of carbonyl (C=O) groups is 1. The second kappa shape index (κ2) is 10.1. The summed E-state index contributed by atoms with van der Waals surface area (Å²) in [5, 5.41) is 12.9. The molecule has 0 radical (unpaired) electrons. The van der Waals surface area contributed by atoms with Crippen LogP contribution in [0.2, 0.25) is 5.02 Å². The number of rotatable bonds is 9. The van der Waals surface area contributed by atoms with Crippen molar-refractivity contribution < 1.29 is 24.1 Å². The Morgan fingerprint density at radius 1 is 1.17 bits per heavy atom. The van der Waals surface area contributed by atoms with E-state index in [1.54, 1.807) is 11.8 Å². The van der Waals surface area contributed by atoms with Crippen LogP contribution in [0.3, 0.4) is 0 Å². The van der Waals surface area contributed by atoms with Crippen LogP contribution in [0.15, 0.2) is 36.4 Å². The highest BCUT2D eigenvalue weighted by Crippen LogP contribution is 2.37. The number of aliphatic carboxylic acids is 1. The lowest BCUT2D eigenvalue weighted by Gasteiger charge is -2.16. The molecule has 0 aliphatic carbocycles. The number of carboxylic acids is 1. The first-order valence-corrected chi connectivity index (χ1v) is 10.8. The summed E-state index contributed by atoms with van der Waals surface area (Å²) >= 11 is 7.59. The van der Waals surface area contributed by atoms with Crippen LogP contribution < -0.4 is 19.5 Å². The molecule has 6 nitrogen and oxygen atoms in total. The fourth-order valence-corrected chi connectivity index (χ4v) is 4.24. The molecule has 0 aromatic heterocycles. The molecule has 1 aliphatic heterocycles. The molecule has 1 heterocycles. The molecule has 0 spiro atoms. The quantitative estimate of drug-likeness (QED) is 0.566. The first-order valence-electron chi connectivity index (χ1n) is 9.37. The molecule has 0 bridgehead atoms. The van der Waals surface area contributed by atoms with E-state index in [4.69, 9.17) is 30.9 Å². The summed E-state index contributed by atoms with van der Waals surface area (Å²) in [6.45, 7) is 5.08. The fourth-order valence-electron chi connectivity index (χ4n) is 2.90. The van der Waals surface area contributed by atoms with E-state index >= 15 is 0 Å². The smallest absolute Gasteiger partial charge is 0.321 e. The summed E-state index contributed by atoms with van der Waals surface area (Å²) in [6, 6.07) is 10.7. The van der Waals surface area contributed by atoms with Gasteiger partial charge in [0.2, 0.25) is 0 Å². The molecule has 0 amide bonds. The van der Waals surface area contributed by atoms with Crippen LogP contribution in [-0.2, 0) is 4.79 Å². The number of carboxylic acid groups (broad SMARTS) is 1. The predicted octanol–water partition coefficient (Wildman–Crippen LogP) is 4.29. The van der Waals surface area contributed by atoms with Crippen LogP contribution in [0.4, 0.5) is 0 Å². The molecular weight excluding hydrogens is 414 g/mol. The van der Waals surface area contributed by atoms with E-state index in [1.165, 1.54) is 0 Å². The Morgan fingerprint density at radius 3 is 2.66 bits per heavy atom. The molecule has 1 saturated heterocycles. The lowest BCUT2D eigenvalue weighted by atomic mass is 10.2. The Bertz CT molecular complexity index is 863. The molecule has 2 atom stereocenters. The van der Waals surface area contributed by atoms with Crippen LogP contribution in [0, 0.1) is 6.92 Å². The number of halogens is 1. The van der Waals surface area contributed by atoms with E-state index in [0.29, 0.717) is 42.1 Å². The number of hydrogen-bond acceptors (Lipinski definition) is 6. The van der Waals surface area contributed by atoms with Crippen molar-refractivity contribution in [3.8, 4) is 17.2 Å². The Labute approximate surface area is 179 Å². The Kier molecular flexibility index (Phi) is 7.52. The van der Waals surface area contributed by atoms with E-state index < -0.39 is 12.0 Å². The molecule has 156 valence electrons. The Balaban J connectivity index is 1.58. The van der Waals surface area contributed by atoms with Crippen LogP contribution in [0.25, 0.3) is 0 Å². The second-order valence-corrected chi connectivity index (χ2v) is 8.06. The monoisotopic (exact) mass is 437 g/mol. The largest absolute Gasteiger partial charge is 0.490 e. The number of ether oxygens (including phenoxy) is 3. The molecule has 1 fully saturated rings. The highest BCUT2D eigenvalue weighted by molar-refractivity contribution is 7.99. The minimum absolute atomic E-state index is 0.0826. The zero-order valence-corrected chi connectivity index (χ0v) is 17.9. The third-order valence-corrected chi connectivity index (χ3v) is 6.08. The molecule has 2 aromatic carbocycles. The van der Waals surface area contributed by atoms with Crippen molar-refractivity contribution in [3.63, 3.8) is 0 Å². The van der Waals surface area contributed by atoms with Crippen molar-refractivity contribution in [1.29, 1.82) is 0 Å². The fraction of sp³-hybridized carbons (Fsp3) is 0.381. The number of benzene rings is 2. The van der Waals surface area contributed by atoms with Gasteiger partial charge in [0.25, 0.3) is 0 Å². The number of thioether (sulfide) groups is 1. The second-order valence-electron chi connectivity index (χ2n) is 6.52. The average Bonchev–Trinajstić information content (AvgIpc) is 3.19. The zero-order chi connectivity index (χ0) is 20.8. The van der Waals surface area contributed by atoms with E-state index in [-0.39, 0.29) is 5.37 Å². The van der Waals surface area contributed by atoms with Gasteiger partial charge in [0.05, 0.1) is 12.0 Å². The van der Waals surface area contributed by atoms with E-state index in [0.717, 1.165) is 16.9 Å². The van der Waals surface area contributed by atoms with Crippen molar-refractivity contribution in [2.45, 2.75) is 25.3 Å². The SMILES string of the molecule is CCOc1cc(C2NC(C(=O)O)CS2)ccc1OCCOc1ccc(Cl)c(C)c1. The maximum absolute atomic E-state index is 11.1. The van der Waals surface area contributed by atoms with E-state index in [9.17, 15) is 4.79 Å². The highest BCUT2D eigenvalue weighted by atomic mass is 35.5. The van der Waals surface area contributed by atoms with Crippen molar-refractivity contribution in [3.05, 3.63) is 52.5 Å². The minimum Gasteiger partial charge on any atom is -0.490 e. The van der Waals surface area contributed by atoms with E-state index in [2.05, 4.69) is 5.32 Å².